The molecule has 0 spiro atoms. The van der Waals surface area contributed by atoms with Crippen molar-refractivity contribution in [1.82, 2.24) is 15.3 Å². The lowest BCUT2D eigenvalue weighted by molar-refractivity contribution is 0.0951. The van der Waals surface area contributed by atoms with Gasteiger partial charge in [-0.05, 0) is 45.8 Å². The Balaban J connectivity index is 1.97. The molecular formula is C12H10BrN3O. The lowest BCUT2D eigenvalue weighted by atomic mass is 10.2. The summed E-state index contributed by atoms with van der Waals surface area (Å²) in [5, 5.41) is 2.83. The van der Waals surface area contributed by atoms with Gasteiger partial charge in [-0.25, -0.2) is 4.98 Å². The highest BCUT2D eigenvalue weighted by Crippen LogP contribution is 2.07. The smallest absolute Gasteiger partial charge is 0.251 e. The number of hydrogen-bond donors (Lipinski definition) is 1. The predicted octanol–water partition coefficient (Wildman–Crippen LogP) is 2.17. The number of nitrogens with zero attached hydrogens (tertiary/aromatic N) is 2. The van der Waals surface area contributed by atoms with Crippen molar-refractivity contribution in [1.29, 1.82) is 0 Å². The Morgan fingerprint density at radius 1 is 1.24 bits per heavy atom. The molecule has 0 saturated heterocycles. The first kappa shape index (κ1) is 11.7. The van der Waals surface area contributed by atoms with Gasteiger partial charge < -0.3 is 5.32 Å². The van der Waals surface area contributed by atoms with Crippen LogP contribution in [0.1, 0.15) is 15.9 Å². The third-order valence-corrected chi connectivity index (χ3v) is 2.62. The summed E-state index contributed by atoms with van der Waals surface area (Å²) >= 11 is 3.28. The third kappa shape index (κ3) is 3.35. The molecule has 0 radical (unpaired) electrons. The first-order valence-electron chi connectivity index (χ1n) is 5.04. The first-order chi connectivity index (χ1) is 8.25. The van der Waals surface area contributed by atoms with Crippen molar-refractivity contribution in [2.24, 2.45) is 0 Å². The fourth-order valence-electron chi connectivity index (χ4n) is 1.34. The maximum absolute atomic E-state index is 11.7. The summed E-state index contributed by atoms with van der Waals surface area (Å²) in [6.07, 6.45) is 4.88. The average Bonchev–Trinajstić information content (AvgIpc) is 2.37. The van der Waals surface area contributed by atoms with Crippen LogP contribution in [0.25, 0.3) is 0 Å². The van der Waals surface area contributed by atoms with E-state index in [1.165, 1.54) is 0 Å². The van der Waals surface area contributed by atoms with Gasteiger partial charge >= 0.3 is 0 Å². The van der Waals surface area contributed by atoms with Gasteiger partial charge in [0.15, 0.2) is 0 Å². The molecule has 2 rings (SSSR count). The summed E-state index contributed by atoms with van der Waals surface area (Å²) in [7, 11) is 0. The summed E-state index contributed by atoms with van der Waals surface area (Å²) in [6, 6.07) is 7.08. The predicted molar refractivity (Wildman–Crippen MR) is 67.3 cm³/mol. The van der Waals surface area contributed by atoms with E-state index in [0.717, 1.165) is 10.2 Å². The Hall–Kier alpha value is -1.75. The Morgan fingerprint density at radius 2 is 2.00 bits per heavy atom. The van der Waals surface area contributed by atoms with Gasteiger partial charge in [-0.3, -0.25) is 9.78 Å². The standard InChI is InChI=1S/C12H10BrN3O/c13-11-7-9(1-6-15-11)8-16-12(17)10-2-4-14-5-3-10/h1-7H,8H2,(H,16,17). The van der Waals surface area contributed by atoms with Crippen LogP contribution >= 0.6 is 15.9 Å². The highest BCUT2D eigenvalue weighted by Gasteiger charge is 2.04. The minimum absolute atomic E-state index is 0.111. The summed E-state index contributed by atoms with van der Waals surface area (Å²) in [5.41, 5.74) is 1.60. The summed E-state index contributed by atoms with van der Waals surface area (Å²) < 4.78 is 0.758. The van der Waals surface area contributed by atoms with Crippen molar-refractivity contribution >= 4 is 21.8 Å². The monoisotopic (exact) mass is 291 g/mol. The molecule has 1 N–H and O–H groups in total. The molecule has 1 amide bonds. The van der Waals surface area contributed by atoms with Crippen LogP contribution in [0.4, 0.5) is 0 Å². The zero-order chi connectivity index (χ0) is 12.1. The zero-order valence-corrected chi connectivity index (χ0v) is 10.5. The van der Waals surface area contributed by atoms with Crippen LogP contribution in [0.2, 0.25) is 0 Å². The molecule has 0 aromatic carbocycles. The third-order valence-electron chi connectivity index (χ3n) is 2.19. The Morgan fingerprint density at radius 3 is 2.71 bits per heavy atom. The van der Waals surface area contributed by atoms with Crippen LogP contribution in [0.15, 0.2) is 47.5 Å². The van der Waals surface area contributed by atoms with E-state index in [0.29, 0.717) is 12.1 Å². The van der Waals surface area contributed by atoms with Crippen molar-refractivity contribution in [3.05, 3.63) is 58.6 Å². The molecule has 4 nitrogen and oxygen atoms in total. The second-order valence-electron chi connectivity index (χ2n) is 3.41. The molecule has 2 heterocycles. The summed E-state index contributed by atoms with van der Waals surface area (Å²) in [5.74, 6) is -0.111. The molecule has 0 saturated carbocycles. The number of hydrogen-bond acceptors (Lipinski definition) is 3. The highest BCUT2D eigenvalue weighted by molar-refractivity contribution is 9.10. The van der Waals surface area contributed by atoms with E-state index in [4.69, 9.17) is 0 Å². The molecule has 0 aliphatic heterocycles. The molecule has 0 bridgehead atoms. The van der Waals surface area contributed by atoms with E-state index in [1.54, 1.807) is 30.7 Å². The Labute approximate surface area is 107 Å². The number of nitrogens with one attached hydrogen (secondary N) is 1. The van der Waals surface area contributed by atoms with Crippen LogP contribution < -0.4 is 5.32 Å². The molecule has 0 fully saturated rings. The van der Waals surface area contributed by atoms with Gasteiger partial charge in [0.1, 0.15) is 4.60 Å². The van der Waals surface area contributed by atoms with Crippen LogP contribution in [0.3, 0.4) is 0 Å². The lowest BCUT2D eigenvalue weighted by Crippen LogP contribution is -2.22. The molecule has 2 aromatic heterocycles. The average molecular weight is 292 g/mol. The van der Waals surface area contributed by atoms with Crippen molar-refractivity contribution in [2.75, 3.05) is 0 Å². The van der Waals surface area contributed by atoms with Gasteiger partial charge in [-0.1, -0.05) is 0 Å². The highest BCUT2D eigenvalue weighted by atomic mass is 79.9. The second kappa shape index (κ2) is 5.54. The molecule has 2 aromatic rings. The van der Waals surface area contributed by atoms with Crippen LogP contribution in [-0.2, 0) is 6.54 Å². The topological polar surface area (TPSA) is 54.9 Å². The normalized spacial score (nSPS) is 9.94. The molecule has 5 heteroatoms. The molecule has 0 unspecified atom stereocenters. The molecular weight excluding hydrogens is 282 g/mol. The van der Waals surface area contributed by atoms with E-state index >= 15 is 0 Å². The number of halogens is 1. The van der Waals surface area contributed by atoms with E-state index in [-0.39, 0.29) is 5.91 Å². The number of pyridine rings is 2. The van der Waals surface area contributed by atoms with Gasteiger partial charge in [0.05, 0.1) is 0 Å². The van der Waals surface area contributed by atoms with Crippen molar-refractivity contribution in [3.63, 3.8) is 0 Å². The Bertz CT molecular complexity index is 516. The molecule has 0 atom stereocenters. The number of carbonyl (C=O) groups is 1. The minimum Gasteiger partial charge on any atom is -0.348 e. The molecule has 0 aliphatic rings. The number of aromatic nitrogens is 2. The van der Waals surface area contributed by atoms with Crippen LogP contribution in [0.5, 0.6) is 0 Å². The van der Waals surface area contributed by atoms with Gasteiger partial charge in [0.25, 0.3) is 5.91 Å². The van der Waals surface area contributed by atoms with E-state index in [2.05, 4.69) is 31.2 Å². The van der Waals surface area contributed by atoms with Gasteiger partial charge in [0.2, 0.25) is 0 Å². The van der Waals surface area contributed by atoms with Crippen molar-refractivity contribution in [3.8, 4) is 0 Å². The van der Waals surface area contributed by atoms with E-state index < -0.39 is 0 Å². The maximum Gasteiger partial charge on any atom is 0.251 e. The van der Waals surface area contributed by atoms with Crippen molar-refractivity contribution < 1.29 is 4.79 Å². The van der Waals surface area contributed by atoms with Crippen LogP contribution in [-0.4, -0.2) is 15.9 Å². The Kier molecular flexibility index (Phi) is 3.82. The largest absolute Gasteiger partial charge is 0.348 e. The second-order valence-corrected chi connectivity index (χ2v) is 4.22. The molecule has 0 aliphatic carbocycles. The SMILES string of the molecule is O=C(NCc1ccnc(Br)c1)c1ccncc1. The van der Waals surface area contributed by atoms with Gasteiger partial charge in [-0.2, -0.15) is 0 Å². The summed E-state index contributed by atoms with van der Waals surface area (Å²) in [4.78, 5) is 19.6. The number of rotatable bonds is 3. The molecule has 17 heavy (non-hydrogen) atoms. The fourth-order valence-corrected chi connectivity index (χ4v) is 1.75. The first-order valence-corrected chi connectivity index (χ1v) is 5.83. The quantitative estimate of drug-likeness (QED) is 0.882. The lowest BCUT2D eigenvalue weighted by Gasteiger charge is -2.05. The summed E-state index contributed by atoms with van der Waals surface area (Å²) in [6.45, 7) is 0.474. The van der Waals surface area contributed by atoms with Gasteiger partial charge in [-0.15, -0.1) is 0 Å². The van der Waals surface area contributed by atoms with E-state index in [9.17, 15) is 4.79 Å². The molecule has 86 valence electrons. The maximum atomic E-state index is 11.7. The number of carbonyl (C=O) groups excluding carboxylic acids is 1. The number of amides is 1. The zero-order valence-electron chi connectivity index (χ0n) is 8.93. The van der Waals surface area contributed by atoms with Gasteiger partial charge in [0, 0.05) is 30.7 Å². The van der Waals surface area contributed by atoms with Crippen LogP contribution in [0, 0.1) is 0 Å². The van der Waals surface area contributed by atoms with E-state index in [1.807, 2.05) is 12.1 Å². The minimum atomic E-state index is -0.111. The van der Waals surface area contributed by atoms with Crippen molar-refractivity contribution in [2.45, 2.75) is 6.54 Å². The fraction of sp³-hybridized carbons (Fsp3) is 0.0833.